The van der Waals surface area contributed by atoms with Crippen molar-refractivity contribution in [3.8, 4) is 5.75 Å². The second-order valence-corrected chi connectivity index (χ2v) is 6.55. The number of aromatic nitrogens is 2. The molecule has 0 saturated carbocycles. The summed E-state index contributed by atoms with van der Waals surface area (Å²) in [6, 6.07) is 4.54. The number of fused-ring (bicyclic) bond motifs is 1. The molecule has 0 N–H and O–H groups in total. The smallest absolute Gasteiger partial charge is 0.134 e. The number of thiazole rings is 1. The summed E-state index contributed by atoms with van der Waals surface area (Å²) in [5.41, 5.74) is 3.34. The maximum atomic E-state index is 13.6. The zero-order valence-corrected chi connectivity index (χ0v) is 14.9. The highest BCUT2D eigenvalue weighted by molar-refractivity contribution is 7.09. The largest absolute Gasteiger partial charge is 0.486 e. The molecule has 1 unspecified atom stereocenters. The van der Waals surface area contributed by atoms with Gasteiger partial charge >= 0.3 is 0 Å². The van der Waals surface area contributed by atoms with Gasteiger partial charge in [0.05, 0.1) is 11.2 Å². The van der Waals surface area contributed by atoms with Gasteiger partial charge in [-0.15, -0.1) is 11.3 Å². The van der Waals surface area contributed by atoms with Gasteiger partial charge in [-0.3, -0.25) is 4.98 Å². The lowest BCUT2D eigenvalue weighted by Gasteiger charge is -2.13. The summed E-state index contributed by atoms with van der Waals surface area (Å²) in [6.07, 6.45) is -0.0384. The number of hydrogen-bond acceptors (Lipinski definition) is 5. The van der Waals surface area contributed by atoms with Crippen LogP contribution < -0.4 is 4.74 Å². The van der Waals surface area contributed by atoms with E-state index in [0.717, 1.165) is 27.5 Å². The number of pyridine rings is 1. The number of rotatable bonds is 5. The van der Waals surface area contributed by atoms with E-state index in [1.807, 2.05) is 26.2 Å². The van der Waals surface area contributed by atoms with Crippen molar-refractivity contribution >= 4 is 22.2 Å². The first kappa shape index (κ1) is 16.8. The molecule has 3 rings (SSSR count). The molecule has 24 heavy (non-hydrogen) atoms. The van der Waals surface area contributed by atoms with Crippen molar-refractivity contribution < 1.29 is 13.9 Å². The lowest BCUT2D eigenvalue weighted by molar-refractivity contribution is 0.119. The molecule has 0 aliphatic heterocycles. The molecule has 1 aromatic carbocycles. The van der Waals surface area contributed by atoms with E-state index in [9.17, 15) is 4.39 Å². The molecule has 0 saturated heterocycles. The monoisotopic (exact) mass is 346 g/mol. The van der Waals surface area contributed by atoms with Crippen molar-refractivity contribution in [2.45, 2.75) is 33.5 Å². The van der Waals surface area contributed by atoms with Crippen LogP contribution in [0.15, 0.2) is 23.6 Å². The molecule has 0 fully saturated rings. The van der Waals surface area contributed by atoms with Crippen LogP contribution in [0.25, 0.3) is 10.9 Å². The molecule has 4 nitrogen and oxygen atoms in total. The Balaban J connectivity index is 1.90. The SMILES string of the molecule is COC(C)c1nc(COc2c(C)c(C)nc3ccc(F)cc23)cs1. The topological polar surface area (TPSA) is 44.2 Å². The Hall–Kier alpha value is -2.05. The van der Waals surface area contributed by atoms with Crippen molar-refractivity contribution in [2.75, 3.05) is 7.11 Å². The molecular weight excluding hydrogens is 327 g/mol. The number of aryl methyl sites for hydroxylation is 1. The summed E-state index contributed by atoms with van der Waals surface area (Å²) in [6.45, 7) is 6.13. The first-order chi connectivity index (χ1) is 11.5. The lowest BCUT2D eigenvalue weighted by Crippen LogP contribution is -2.02. The number of methoxy groups -OCH3 is 1. The van der Waals surface area contributed by atoms with Crippen molar-refractivity contribution in [3.05, 3.63) is 51.4 Å². The van der Waals surface area contributed by atoms with Crippen LogP contribution in [0.4, 0.5) is 4.39 Å². The van der Waals surface area contributed by atoms with E-state index in [0.29, 0.717) is 17.7 Å². The normalized spacial score (nSPS) is 12.5. The van der Waals surface area contributed by atoms with E-state index < -0.39 is 0 Å². The van der Waals surface area contributed by atoms with Gasteiger partial charge in [0.2, 0.25) is 0 Å². The number of hydrogen-bond donors (Lipinski definition) is 0. The molecule has 0 aliphatic rings. The molecular formula is C18H19FN2O2S. The van der Waals surface area contributed by atoms with Gasteiger partial charge in [0, 0.05) is 29.1 Å². The lowest BCUT2D eigenvalue weighted by atomic mass is 10.1. The number of benzene rings is 1. The minimum absolute atomic E-state index is 0.0384. The van der Waals surface area contributed by atoms with Crippen LogP contribution in [-0.4, -0.2) is 17.1 Å². The fraction of sp³-hybridized carbons (Fsp3) is 0.333. The highest BCUT2D eigenvalue weighted by atomic mass is 32.1. The van der Waals surface area contributed by atoms with Crippen LogP contribution in [0.3, 0.4) is 0 Å². The van der Waals surface area contributed by atoms with Gasteiger partial charge < -0.3 is 9.47 Å². The molecule has 2 heterocycles. The standard InChI is InChI=1S/C18H19FN2O2S/c1-10-11(2)20-16-6-5-13(19)7-15(16)17(10)23-8-14-9-24-18(21-14)12(3)22-4/h5-7,9,12H,8H2,1-4H3. The summed E-state index contributed by atoms with van der Waals surface area (Å²) in [7, 11) is 1.66. The third kappa shape index (κ3) is 3.25. The Morgan fingerprint density at radius 2 is 2.04 bits per heavy atom. The van der Waals surface area contributed by atoms with E-state index in [1.54, 1.807) is 24.5 Å². The van der Waals surface area contributed by atoms with E-state index in [4.69, 9.17) is 9.47 Å². The molecule has 126 valence electrons. The molecule has 0 amide bonds. The highest BCUT2D eigenvalue weighted by Gasteiger charge is 2.14. The van der Waals surface area contributed by atoms with Gasteiger partial charge in [0.25, 0.3) is 0 Å². The third-order valence-corrected chi connectivity index (χ3v) is 5.06. The molecule has 0 spiro atoms. The molecule has 6 heteroatoms. The summed E-state index contributed by atoms with van der Waals surface area (Å²) in [5.74, 6) is 0.355. The number of ether oxygens (including phenoxy) is 2. The van der Waals surface area contributed by atoms with Crippen LogP contribution in [0.2, 0.25) is 0 Å². The maximum Gasteiger partial charge on any atom is 0.134 e. The first-order valence-electron chi connectivity index (χ1n) is 7.66. The predicted octanol–water partition coefficient (Wildman–Crippen LogP) is 4.73. The van der Waals surface area contributed by atoms with Gasteiger partial charge in [-0.25, -0.2) is 9.37 Å². The van der Waals surface area contributed by atoms with Crippen LogP contribution in [0, 0.1) is 19.7 Å². The van der Waals surface area contributed by atoms with Crippen LogP contribution in [-0.2, 0) is 11.3 Å². The first-order valence-corrected chi connectivity index (χ1v) is 8.54. The summed E-state index contributed by atoms with van der Waals surface area (Å²) in [5, 5.41) is 3.55. The average molecular weight is 346 g/mol. The minimum Gasteiger partial charge on any atom is -0.486 e. The Bertz CT molecular complexity index is 879. The van der Waals surface area contributed by atoms with E-state index >= 15 is 0 Å². The molecule has 0 bridgehead atoms. The Morgan fingerprint density at radius 3 is 2.79 bits per heavy atom. The Kier molecular flexibility index (Phi) is 4.78. The van der Waals surface area contributed by atoms with Gasteiger partial charge in [-0.05, 0) is 39.0 Å². The molecule has 2 aromatic heterocycles. The van der Waals surface area contributed by atoms with Gasteiger partial charge in [-0.2, -0.15) is 0 Å². The fourth-order valence-electron chi connectivity index (χ4n) is 2.43. The van der Waals surface area contributed by atoms with Gasteiger partial charge in [0.15, 0.2) is 0 Å². The van der Waals surface area contributed by atoms with Gasteiger partial charge in [0.1, 0.15) is 29.3 Å². The zero-order chi connectivity index (χ0) is 17.3. The second kappa shape index (κ2) is 6.83. The third-order valence-electron chi connectivity index (χ3n) is 4.01. The van der Waals surface area contributed by atoms with Crippen LogP contribution in [0.5, 0.6) is 5.75 Å². The van der Waals surface area contributed by atoms with E-state index in [-0.39, 0.29) is 11.9 Å². The van der Waals surface area contributed by atoms with Gasteiger partial charge in [-0.1, -0.05) is 0 Å². The molecule has 1 atom stereocenters. The summed E-state index contributed by atoms with van der Waals surface area (Å²) < 4.78 is 24.9. The highest BCUT2D eigenvalue weighted by Crippen LogP contribution is 2.31. The predicted molar refractivity (Wildman–Crippen MR) is 93.0 cm³/mol. The number of halogens is 1. The minimum atomic E-state index is -0.303. The molecule has 3 aromatic rings. The fourth-order valence-corrected chi connectivity index (χ4v) is 3.26. The molecule has 0 aliphatic carbocycles. The quantitative estimate of drug-likeness (QED) is 0.670. The Morgan fingerprint density at radius 1 is 1.25 bits per heavy atom. The number of nitrogens with zero attached hydrogens (tertiary/aromatic N) is 2. The van der Waals surface area contributed by atoms with Crippen molar-refractivity contribution in [2.24, 2.45) is 0 Å². The van der Waals surface area contributed by atoms with Crippen LogP contribution >= 0.6 is 11.3 Å². The molecule has 0 radical (unpaired) electrons. The van der Waals surface area contributed by atoms with E-state index in [2.05, 4.69) is 9.97 Å². The Labute approximate surface area is 144 Å². The summed E-state index contributed by atoms with van der Waals surface area (Å²) in [4.78, 5) is 9.02. The van der Waals surface area contributed by atoms with E-state index in [1.165, 1.54) is 12.1 Å². The van der Waals surface area contributed by atoms with Crippen molar-refractivity contribution in [3.63, 3.8) is 0 Å². The average Bonchev–Trinajstić information content (AvgIpc) is 3.04. The van der Waals surface area contributed by atoms with Crippen molar-refractivity contribution in [1.29, 1.82) is 0 Å². The zero-order valence-electron chi connectivity index (χ0n) is 14.1. The summed E-state index contributed by atoms with van der Waals surface area (Å²) >= 11 is 1.54. The van der Waals surface area contributed by atoms with Crippen molar-refractivity contribution in [1.82, 2.24) is 9.97 Å². The maximum absolute atomic E-state index is 13.6. The second-order valence-electron chi connectivity index (χ2n) is 5.66. The van der Waals surface area contributed by atoms with Crippen LogP contribution in [0.1, 0.15) is 35.0 Å².